The molecular formula is C28H24N2O4S. The van der Waals surface area contributed by atoms with Gasteiger partial charge in [0, 0.05) is 6.42 Å². The summed E-state index contributed by atoms with van der Waals surface area (Å²) in [6, 6.07) is 22.0. The highest BCUT2D eigenvalue weighted by Gasteiger charge is 2.45. The molecule has 0 saturated carbocycles. The maximum atomic E-state index is 13.5. The molecule has 0 fully saturated rings. The second-order valence-electron chi connectivity index (χ2n) is 8.49. The smallest absolute Gasteiger partial charge is 0.296 e. The number of ether oxygens (including phenoxy) is 1. The average Bonchev–Trinajstić information content (AvgIpc) is 3.41. The van der Waals surface area contributed by atoms with Crippen molar-refractivity contribution in [2.45, 2.75) is 25.8 Å². The van der Waals surface area contributed by atoms with Gasteiger partial charge < -0.3 is 9.84 Å². The monoisotopic (exact) mass is 484 g/mol. The molecule has 1 N–H and O–H groups in total. The van der Waals surface area contributed by atoms with E-state index in [9.17, 15) is 14.7 Å². The van der Waals surface area contributed by atoms with Crippen molar-refractivity contribution in [1.29, 1.82) is 0 Å². The van der Waals surface area contributed by atoms with E-state index in [0.717, 1.165) is 21.3 Å². The molecule has 1 aliphatic rings. The highest BCUT2D eigenvalue weighted by atomic mass is 32.1. The maximum absolute atomic E-state index is 13.5. The maximum Gasteiger partial charge on any atom is 0.296 e. The van der Waals surface area contributed by atoms with Crippen molar-refractivity contribution in [1.82, 2.24) is 4.98 Å². The molecular weight excluding hydrogens is 460 g/mol. The van der Waals surface area contributed by atoms with Crippen molar-refractivity contribution < 1.29 is 19.4 Å². The quantitative estimate of drug-likeness (QED) is 0.363. The van der Waals surface area contributed by atoms with Crippen LogP contribution >= 0.6 is 11.3 Å². The van der Waals surface area contributed by atoms with E-state index < -0.39 is 17.7 Å². The van der Waals surface area contributed by atoms with Gasteiger partial charge in [0.1, 0.15) is 5.75 Å². The molecule has 0 saturated heterocycles. The molecule has 5 rings (SSSR count). The Labute approximate surface area is 207 Å². The summed E-state index contributed by atoms with van der Waals surface area (Å²) in [5.41, 5.74) is 3.62. The van der Waals surface area contributed by atoms with Crippen LogP contribution in [0.5, 0.6) is 5.75 Å². The molecule has 1 unspecified atom stereocenters. The first-order valence-electron chi connectivity index (χ1n) is 11.3. The van der Waals surface area contributed by atoms with Crippen LogP contribution in [-0.4, -0.2) is 28.9 Å². The topological polar surface area (TPSA) is 79.7 Å². The molecule has 2 heterocycles. The van der Waals surface area contributed by atoms with Crippen LogP contribution in [0.15, 0.2) is 84.1 Å². The van der Waals surface area contributed by atoms with E-state index in [-0.39, 0.29) is 17.8 Å². The van der Waals surface area contributed by atoms with Crippen LogP contribution in [0.2, 0.25) is 0 Å². The molecule has 0 spiro atoms. The molecule has 1 atom stereocenters. The number of aromatic nitrogens is 1. The number of methoxy groups -OCH3 is 1. The predicted molar refractivity (Wildman–Crippen MR) is 137 cm³/mol. The fourth-order valence-electron chi connectivity index (χ4n) is 4.37. The zero-order chi connectivity index (χ0) is 24.5. The summed E-state index contributed by atoms with van der Waals surface area (Å²) in [5.74, 6) is -0.827. The zero-order valence-electron chi connectivity index (χ0n) is 19.4. The number of ketones is 1. The third-order valence-electron chi connectivity index (χ3n) is 6.14. The van der Waals surface area contributed by atoms with Gasteiger partial charge >= 0.3 is 0 Å². The fourth-order valence-corrected chi connectivity index (χ4v) is 5.46. The van der Waals surface area contributed by atoms with Crippen molar-refractivity contribution in [3.05, 3.63) is 101 Å². The number of amides is 1. The Morgan fingerprint density at radius 1 is 1.09 bits per heavy atom. The number of benzene rings is 3. The molecule has 6 nitrogen and oxygen atoms in total. The minimum atomic E-state index is -0.803. The van der Waals surface area contributed by atoms with Gasteiger partial charge in [0.15, 0.2) is 16.7 Å². The Morgan fingerprint density at radius 2 is 1.89 bits per heavy atom. The number of rotatable bonds is 7. The van der Waals surface area contributed by atoms with Crippen molar-refractivity contribution in [3.63, 3.8) is 0 Å². The van der Waals surface area contributed by atoms with Crippen LogP contribution in [0.4, 0.5) is 5.13 Å². The van der Waals surface area contributed by atoms with E-state index in [1.165, 1.54) is 16.2 Å². The highest BCUT2D eigenvalue weighted by Crippen LogP contribution is 2.44. The van der Waals surface area contributed by atoms with Gasteiger partial charge in [0.2, 0.25) is 0 Å². The number of carbonyl (C=O) groups excluding carboxylic acids is 2. The first kappa shape index (κ1) is 22.8. The minimum absolute atomic E-state index is 0.0922. The third-order valence-corrected chi connectivity index (χ3v) is 7.16. The van der Waals surface area contributed by atoms with Gasteiger partial charge in [0.25, 0.3) is 5.91 Å². The Hall–Kier alpha value is -3.97. The lowest BCUT2D eigenvalue weighted by Gasteiger charge is -2.24. The van der Waals surface area contributed by atoms with Crippen LogP contribution in [0.25, 0.3) is 10.2 Å². The first-order chi connectivity index (χ1) is 17.0. The molecule has 7 heteroatoms. The SMILES string of the molecule is COc1cccc(C2C(C(=O)CCc3ccccc3)=C(O)C(=O)N2c2nc3ccc(C)cc3s2)c1. The van der Waals surface area contributed by atoms with E-state index in [1.807, 2.05) is 61.5 Å². The van der Waals surface area contributed by atoms with E-state index in [0.29, 0.717) is 22.9 Å². The molecule has 0 radical (unpaired) electrons. The van der Waals surface area contributed by atoms with E-state index in [4.69, 9.17) is 4.74 Å². The summed E-state index contributed by atoms with van der Waals surface area (Å²) >= 11 is 1.36. The highest BCUT2D eigenvalue weighted by molar-refractivity contribution is 7.22. The summed E-state index contributed by atoms with van der Waals surface area (Å²) in [4.78, 5) is 32.9. The number of fused-ring (bicyclic) bond motifs is 1. The fraction of sp³-hybridized carbons (Fsp3) is 0.179. The Balaban J connectivity index is 1.57. The molecule has 0 aliphatic carbocycles. The number of aliphatic hydroxyl groups excluding tert-OH is 1. The van der Waals surface area contributed by atoms with Crippen LogP contribution in [0.1, 0.15) is 29.2 Å². The summed E-state index contributed by atoms with van der Waals surface area (Å²) in [5, 5.41) is 11.4. The summed E-state index contributed by atoms with van der Waals surface area (Å²) in [6.07, 6.45) is 0.680. The van der Waals surface area contributed by atoms with Gasteiger partial charge in [-0.05, 0) is 54.3 Å². The zero-order valence-corrected chi connectivity index (χ0v) is 20.2. The lowest BCUT2D eigenvalue weighted by Crippen LogP contribution is -2.31. The van der Waals surface area contributed by atoms with Crippen LogP contribution < -0.4 is 9.64 Å². The average molecular weight is 485 g/mol. The molecule has 4 aromatic rings. The summed E-state index contributed by atoms with van der Waals surface area (Å²) in [7, 11) is 1.56. The number of anilines is 1. The van der Waals surface area contributed by atoms with Crippen molar-refractivity contribution in [2.75, 3.05) is 12.0 Å². The molecule has 3 aromatic carbocycles. The van der Waals surface area contributed by atoms with E-state index in [1.54, 1.807) is 25.3 Å². The second kappa shape index (κ2) is 9.35. The number of thiazole rings is 1. The van der Waals surface area contributed by atoms with Crippen LogP contribution in [-0.2, 0) is 16.0 Å². The molecule has 0 bridgehead atoms. The van der Waals surface area contributed by atoms with Crippen molar-refractivity contribution in [2.24, 2.45) is 0 Å². The summed E-state index contributed by atoms with van der Waals surface area (Å²) < 4.78 is 6.32. The van der Waals surface area contributed by atoms with Crippen LogP contribution in [0, 0.1) is 6.92 Å². The molecule has 176 valence electrons. The van der Waals surface area contributed by atoms with Crippen molar-refractivity contribution >= 4 is 38.4 Å². The number of hydrogen-bond donors (Lipinski definition) is 1. The Morgan fingerprint density at radius 3 is 2.66 bits per heavy atom. The molecule has 1 aromatic heterocycles. The third kappa shape index (κ3) is 4.31. The van der Waals surface area contributed by atoms with Gasteiger partial charge in [-0.3, -0.25) is 14.5 Å². The number of nitrogens with zero attached hydrogens (tertiary/aromatic N) is 2. The number of aryl methyl sites for hydroxylation is 2. The number of Topliss-reactive ketones (excluding diaryl/α,β-unsaturated/α-hetero) is 1. The summed E-state index contributed by atoms with van der Waals surface area (Å²) in [6.45, 7) is 2.00. The lowest BCUT2D eigenvalue weighted by atomic mass is 9.93. The molecule has 1 amide bonds. The van der Waals surface area contributed by atoms with Gasteiger partial charge in [-0.2, -0.15) is 0 Å². The van der Waals surface area contributed by atoms with Crippen molar-refractivity contribution in [3.8, 4) is 5.75 Å². The van der Waals surface area contributed by atoms with Gasteiger partial charge in [-0.15, -0.1) is 0 Å². The van der Waals surface area contributed by atoms with Gasteiger partial charge in [-0.1, -0.05) is 59.9 Å². The van der Waals surface area contributed by atoms with Gasteiger partial charge in [-0.25, -0.2) is 4.98 Å². The lowest BCUT2D eigenvalue weighted by molar-refractivity contribution is -0.118. The normalized spacial score (nSPS) is 15.8. The van der Waals surface area contributed by atoms with Gasteiger partial charge in [0.05, 0.1) is 28.9 Å². The number of aliphatic hydroxyl groups is 1. The second-order valence-corrected chi connectivity index (χ2v) is 9.50. The predicted octanol–water partition coefficient (Wildman–Crippen LogP) is 5.72. The number of hydrogen-bond acceptors (Lipinski definition) is 6. The Bertz CT molecular complexity index is 1460. The number of carbonyl (C=O) groups is 2. The van der Waals surface area contributed by atoms with E-state index >= 15 is 0 Å². The van der Waals surface area contributed by atoms with Crippen LogP contribution in [0.3, 0.4) is 0 Å². The van der Waals surface area contributed by atoms with E-state index in [2.05, 4.69) is 4.98 Å². The Kier molecular flexibility index (Phi) is 6.09. The molecule has 35 heavy (non-hydrogen) atoms. The molecule has 1 aliphatic heterocycles. The standard InChI is InChI=1S/C28H24N2O4S/c1-17-11-13-21-23(15-17)35-28(29-21)30-25(19-9-6-10-20(16-19)34-2)24(26(32)27(30)33)22(31)14-12-18-7-4-3-5-8-18/h3-11,13,15-16,25,32H,12,14H2,1-2H3. The minimum Gasteiger partial charge on any atom is -0.503 e. The largest absolute Gasteiger partial charge is 0.503 e. The first-order valence-corrected chi connectivity index (χ1v) is 12.1.